The maximum atomic E-state index is 12.6. The van der Waals surface area contributed by atoms with Crippen molar-refractivity contribution >= 4 is 17.8 Å². The monoisotopic (exact) mass is 414 g/mol. The van der Waals surface area contributed by atoms with Crippen LogP contribution in [-0.4, -0.2) is 64.9 Å². The zero-order valence-corrected chi connectivity index (χ0v) is 18.3. The van der Waals surface area contributed by atoms with Crippen LogP contribution >= 0.6 is 0 Å². The molecule has 1 N–H and O–H groups in total. The largest absolute Gasteiger partial charge is 0.444 e. The van der Waals surface area contributed by atoms with Crippen LogP contribution in [0.25, 0.3) is 0 Å². The van der Waals surface area contributed by atoms with E-state index in [-0.39, 0.29) is 11.6 Å². The number of aromatic nitrogens is 3. The Labute approximate surface area is 177 Å². The summed E-state index contributed by atoms with van der Waals surface area (Å²) in [5.74, 6) is 0.374. The first kappa shape index (κ1) is 23.1. The normalized spacial score (nSPS) is 11.0. The minimum Gasteiger partial charge on any atom is -0.444 e. The number of carbonyl (C=O) groups is 2. The van der Waals surface area contributed by atoms with Gasteiger partial charge >= 0.3 is 6.09 Å². The summed E-state index contributed by atoms with van der Waals surface area (Å²) >= 11 is 0. The first-order valence-corrected chi connectivity index (χ1v) is 9.82. The van der Waals surface area contributed by atoms with Crippen LogP contribution in [0.3, 0.4) is 0 Å². The lowest BCUT2D eigenvalue weighted by molar-refractivity contribution is 0.0232. The van der Waals surface area contributed by atoms with E-state index in [1.807, 2.05) is 51.9 Å². The Bertz CT molecular complexity index is 819. The van der Waals surface area contributed by atoms with Crippen molar-refractivity contribution in [1.29, 1.82) is 0 Å². The number of carbonyl (C=O) groups excluding carboxylic acids is 2. The van der Waals surface area contributed by atoms with Gasteiger partial charge in [-0.15, -0.1) is 10.2 Å². The summed E-state index contributed by atoms with van der Waals surface area (Å²) in [5.41, 5.74) is 0.569. The van der Waals surface area contributed by atoms with Crippen molar-refractivity contribution in [2.75, 3.05) is 32.1 Å². The fourth-order valence-corrected chi connectivity index (χ4v) is 2.52. The fourth-order valence-electron chi connectivity index (χ4n) is 2.52. The van der Waals surface area contributed by atoms with Crippen LogP contribution in [0.1, 0.15) is 43.2 Å². The zero-order valence-electron chi connectivity index (χ0n) is 18.3. The van der Waals surface area contributed by atoms with Crippen molar-refractivity contribution in [2.45, 2.75) is 39.3 Å². The molecule has 0 atom stereocenters. The van der Waals surface area contributed by atoms with Crippen molar-refractivity contribution in [1.82, 2.24) is 25.4 Å². The first-order valence-electron chi connectivity index (χ1n) is 9.82. The van der Waals surface area contributed by atoms with Crippen molar-refractivity contribution < 1.29 is 14.3 Å². The van der Waals surface area contributed by atoms with Gasteiger partial charge < -0.3 is 19.9 Å². The Kier molecular flexibility index (Phi) is 8.08. The summed E-state index contributed by atoms with van der Waals surface area (Å²) < 4.78 is 5.51. The Morgan fingerprint density at radius 1 is 1.13 bits per heavy atom. The molecule has 0 aromatic carbocycles. The van der Waals surface area contributed by atoms with E-state index in [1.54, 1.807) is 29.4 Å². The second kappa shape index (κ2) is 10.5. The van der Waals surface area contributed by atoms with Crippen molar-refractivity contribution in [3.63, 3.8) is 0 Å². The van der Waals surface area contributed by atoms with Gasteiger partial charge in [0.2, 0.25) is 0 Å². The molecule has 0 aliphatic rings. The molecular formula is C21H30N6O3. The molecule has 162 valence electrons. The van der Waals surface area contributed by atoms with Gasteiger partial charge in [0.05, 0.1) is 6.54 Å². The molecule has 2 rings (SSSR count). The van der Waals surface area contributed by atoms with E-state index in [0.29, 0.717) is 31.9 Å². The van der Waals surface area contributed by atoms with Crippen molar-refractivity contribution in [2.24, 2.45) is 0 Å². The summed E-state index contributed by atoms with van der Waals surface area (Å²) in [6.45, 7) is 6.69. The van der Waals surface area contributed by atoms with E-state index in [0.717, 1.165) is 5.56 Å². The summed E-state index contributed by atoms with van der Waals surface area (Å²) in [7, 11) is 3.71. The van der Waals surface area contributed by atoms with Gasteiger partial charge in [0.15, 0.2) is 11.5 Å². The molecule has 0 unspecified atom stereocenters. The van der Waals surface area contributed by atoms with E-state index in [2.05, 4.69) is 20.5 Å². The van der Waals surface area contributed by atoms with E-state index in [4.69, 9.17) is 4.74 Å². The number of anilines is 1. The molecule has 2 heterocycles. The number of pyridine rings is 1. The molecule has 0 aliphatic heterocycles. The van der Waals surface area contributed by atoms with Gasteiger partial charge in [-0.2, -0.15) is 0 Å². The zero-order chi connectivity index (χ0) is 22.1. The average Bonchev–Trinajstić information content (AvgIpc) is 2.69. The van der Waals surface area contributed by atoms with Crippen LogP contribution in [0.2, 0.25) is 0 Å². The number of hydrogen-bond acceptors (Lipinski definition) is 7. The number of nitrogens with one attached hydrogen (secondary N) is 1. The van der Waals surface area contributed by atoms with E-state index in [9.17, 15) is 9.59 Å². The predicted octanol–water partition coefficient (Wildman–Crippen LogP) is 2.49. The highest BCUT2D eigenvalue weighted by Gasteiger charge is 2.22. The lowest BCUT2D eigenvalue weighted by atomic mass is 10.2. The van der Waals surface area contributed by atoms with E-state index >= 15 is 0 Å². The molecule has 2 aromatic heterocycles. The van der Waals surface area contributed by atoms with E-state index < -0.39 is 11.7 Å². The minimum absolute atomic E-state index is 0.250. The summed E-state index contributed by atoms with van der Waals surface area (Å²) in [6, 6.07) is 7.10. The number of hydrogen-bond donors (Lipinski definition) is 1. The lowest BCUT2D eigenvalue weighted by Crippen LogP contribution is -2.38. The standard InChI is InChI=1S/C21H30N6O3/c1-21(2,3)30-20(29)27(15-16-8-6-11-22-14-16)13-7-12-23-19(28)17-9-10-18(25-24-17)26(4)5/h6,8-11,14H,7,12-13,15H2,1-5H3,(H,23,28). The van der Waals surface area contributed by atoms with Gasteiger partial charge in [0.25, 0.3) is 5.91 Å². The van der Waals surface area contributed by atoms with Crippen LogP contribution in [0.15, 0.2) is 36.7 Å². The smallest absolute Gasteiger partial charge is 0.410 e. The molecule has 0 spiro atoms. The maximum Gasteiger partial charge on any atom is 0.410 e. The van der Waals surface area contributed by atoms with Gasteiger partial charge in [-0.05, 0) is 51.0 Å². The van der Waals surface area contributed by atoms with Crippen molar-refractivity contribution in [3.05, 3.63) is 47.9 Å². The second-order valence-corrected chi connectivity index (χ2v) is 8.04. The number of nitrogens with zero attached hydrogens (tertiary/aromatic N) is 5. The molecule has 0 saturated carbocycles. The van der Waals surface area contributed by atoms with Gasteiger partial charge in [0.1, 0.15) is 5.60 Å². The second-order valence-electron chi connectivity index (χ2n) is 8.04. The Morgan fingerprint density at radius 2 is 1.90 bits per heavy atom. The van der Waals surface area contributed by atoms with Gasteiger partial charge in [-0.1, -0.05) is 6.07 Å². The Hall–Kier alpha value is -3.23. The third kappa shape index (κ3) is 7.65. The summed E-state index contributed by atoms with van der Waals surface area (Å²) in [4.78, 5) is 32.3. The number of rotatable bonds is 8. The van der Waals surface area contributed by atoms with Gasteiger partial charge in [0, 0.05) is 39.6 Å². The van der Waals surface area contributed by atoms with Gasteiger partial charge in [-0.3, -0.25) is 9.78 Å². The topological polar surface area (TPSA) is 101 Å². The van der Waals surface area contributed by atoms with Crippen molar-refractivity contribution in [3.8, 4) is 0 Å². The minimum atomic E-state index is -0.587. The van der Waals surface area contributed by atoms with Crippen LogP contribution in [0.4, 0.5) is 10.6 Å². The van der Waals surface area contributed by atoms with Crippen LogP contribution in [-0.2, 0) is 11.3 Å². The molecule has 0 fully saturated rings. The molecule has 0 aliphatic carbocycles. The number of ether oxygens (including phenoxy) is 1. The molecular weight excluding hydrogens is 384 g/mol. The Balaban J connectivity index is 1.89. The maximum absolute atomic E-state index is 12.6. The highest BCUT2D eigenvalue weighted by atomic mass is 16.6. The predicted molar refractivity (Wildman–Crippen MR) is 114 cm³/mol. The molecule has 0 bridgehead atoms. The van der Waals surface area contributed by atoms with E-state index in [1.165, 1.54) is 0 Å². The fraction of sp³-hybridized carbons (Fsp3) is 0.476. The first-order chi connectivity index (χ1) is 14.2. The average molecular weight is 415 g/mol. The summed E-state index contributed by atoms with van der Waals surface area (Å²) in [6.07, 6.45) is 3.57. The molecule has 2 aromatic rings. The highest BCUT2D eigenvalue weighted by Crippen LogP contribution is 2.13. The van der Waals surface area contributed by atoms with Crippen LogP contribution in [0, 0.1) is 0 Å². The SMILES string of the molecule is CN(C)c1ccc(C(=O)NCCCN(Cc2cccnc2)C(=O)OC(C)(C)C)nn1. The number of amides is 2. The summed E-state index contributed by atoms with van der Waals surface area (Å²) in [5, 5.41) is 10.8. The molecule has 9 heteroatoms. The third-order valence-electron chi connectivity index (χ3n) is 3.98. The Morgan fingerprint density at radius 3 is 2.47 bits per heavy atom. The van der Waals surface area contributed by atoms with Crippen LogP contribution in [0.5, 0.6) is 0 Å². The lowest BCUT2D eigenvalue weighted by Gasteiger charge is -2.27. The van der Waals surface area contributed by atoms with Gasteiger partial charge in [-0.25, -0.2) is 4.79 Å². The third-order valence-corrected chi connectivity index (χ3v) is 3.98. The quantitative estimate of drug-likeness (QED) is 0.662. The molecule has 9 nitrogen and oxygen atoms in total. The molecule has 30 heavy (non-hydrogen) atoms. The molecule has 0 saturated heterocycles. The molecule has 0 radical (unpaired) electrons. The van der Waals surface area contributed by atoms with Crippen LogP contribution < -0.4 is 10.2 Å². The molecule has 2 amide bonds. The highest BCUT2D eigenvalue weighted by molar-refractivity contribution is 5.92.